The monoisotopic (exact) mass is 310 g/mol. The normalized spacial score (nSPS) is 11.3. The number of benzene rings is 1. The van der Waals surface area contributed by atoms with E-state index in [1.807, 2.05) is 0 Å². The van der Waals surface area contributed by atoms with Gasteiger partial charge in [0, 0.05) is 0 Å². The van der Waals surface area contributed by atoms with Crippen molar-refractivity contribution in [2.24, 2.45) is 5.73 Å². The summed E-state index contributed by atoms with van der Waals surface area (Å²) in [6.07, 6.45) is 0. The Morgan fingerprint density at radius 2 is 1.95 bits per heavy atom. The van der Waals surface area contributed by atoms with Gasteiger partial charge in [0.25, 0.3) is 10.0 Å². The van der Waals surface area contributed by atoms with Crippen molar-refractivity contribution in [3.05, 3.63) is 29.3 Å². The zero-order valence-corrected chi connectivity index (χ0v) is 10.4. The Kier molecular flexibility index (Phi) is 4.70. The summed E-state index contributed by atoms with van der Waals surface area (Å²) in [5.41, 5.74) is 3.89. The van der Waals surface area contributed by atoms with Crippen molar-refractivity contribution in [1.82, 2.24) is 4.89 Å². The highest BCUT2D eigenvalue weighted by Crippen LogP contribution is 2.19. The number of nitrogens with two attached hydrogens (primary N) is 1. The molecule has 0 saturated heterocycles. The first-order valence-electron chi connectivity index (χ1n) is 4.79. The van der Waals surface area contributed by atoms with Crippen molar-refractivity contribution in [3.63, 3.8) is 0 Å². The average Bonchev–Trinajstić information content (AvgIpc) is 2.31. The van der Waals surface area contributed by atoms with Crippen molar-refractivity contribution in [1.29, 1.82) is 0 Å². The van der Waals surface area contributed by atoms with Gasteiger partial charge in [0.1, 0.15) is 11.5 Å². The van der Waals surface area contributed by atoms with E-state index in [9.17, 15) is 26.8 Å². The van der Waals surface area contributed by atoms with Gasteiger partial charge in [0.15, 0.2) is 11.6 Å². The Morgan fingerprint density at radius 3 is 2.45 bits per heavy atom. The molecule has 11 heteroatoms. The maximum Gasteiger partial charge on any atom is 0.335 e. The van der Waals surface area contributed by atoms with Crippen LogP contribution in [-0.4, -0.2) is 32.0 Å². The molecule has 1 rings (SSSR count). The average molecular weight is 310 g/mol. The van der Waals surface area contributed by atoms with Gasteiger partial charge in [-0.15, -0.1) is 0 Å². The molecule has 0 fully saturated rings. The third-order valence-corrected chi connectivity index (χ3v) is 3.13. The summed E-state index contributed by atoms with van der Waals surface area (Å²) >= 11 is 0. The zero-order valence-electron chi connectivity index (χ0n) is 9.59. The van der Waals surface area contributed by atoms with Crippen LogP contribution in [0.2, 0.25) is 0 Å². The van der Waals surface area contributed by atoms with Gasteiger partial charge in [0.05, 0.1) is 5.56 Å². The van der Waals surface area contributed by atoms with Crippen LogP contribution in [0.15, 0.2) is 17.0 Å². The fourth-order valence-electron chi connectivity index (χ4n) is 1.11. The summed E-state index contributed by atoms with van der Waals surface area (Å²) in [7, 11) is -4.72. The number of carbonyl (C=O) groups is 2. The van der Waals surface area contributed by atoms with Gasteiger partial charge in [0.2, 0.25) is 5.91 Å². The number of hydrogen-bond acceptors (Lipinski definition) is 5. The standard InChI is InChI=1S/C9H8F2N2O6S/c10-5-1-4(9(15)16)2-6(8(5)11)20(17,18)13-19-3-7(12)14/h1-2,13H,3H2,(H2,12,14)(H,15,16). The topological polar surface area (TPSA) is 136 Å². The molecule has 1 amide bonds. The van der Waals surface area contributed by atoms with E-state index in [0.29, 0.717) is 12.1 Å². The first-order valence-corrected chi connectivity index (χ1v) is 6.27. The summed E-state index contributed by atoms with van der Waals surface area (Å²) in [5.74, 6) is -6.12. The van der Waals surface area contributed by atoms with Crippen LogP contribution in [0.1, 0.15) is 10.4 Å². The number of primary amides is 1. The molecule has 0 saturated carbocycles. The van der Waals surface area contributed by atoms with Crippen molar-refractivity contribution in [2.75, 3.05) is 6.61 Å². The summed E-state index contributed by atoms with van der Waals surface area (Å²) in [5, 5.41) is 8.64. The molecule has 110 valence electrons. The molecule has 0 atom stereocenters. The molecule has 1 aromatic carbocycles. The van der Waals surface area contributed by atoms with Crippen LogP contribution in [0.3, 0.4) is 0 Å². The molecule has 0 heterocycles. The second-order valence-corrected chi connectivity index (χ2v) is 5.03. The fourth-order valence-corrected chi connectivity index (χ4v) is 2.03. The van der Waals surface area contributed by atoms with Crippen LogP contribution >= 0.6 is 0 Å². The van der Waals surface area contributed by atoms with Crippen molar-refractivity contribution < 1.29 is 36.7 Å². The SMILES string of the molecule is NC(=O)CONS(=O)(=O)c1cc(C(=O)O)cc(F)c1F. The largest absolute Gasteiger partial charge is 0.478 e. The third-order valence-electron chi connectivity index (χ3n) is 1.91. The van der Waals surface area contributed by atoms with Gasteiger partial charge in [-0.05, 0) is 12.1 Å². The molecule has 8 nitrogen and oxygen atoms in total. The van der Waals surface area contributed by atoms with Crippen LogP contribution in [0, 0.1) is 11.6 Å². The number of carboxylic acid groups (broad SMARTS) is 1. The van der Waals surface area contributed by atoms with Crippen LogP contribution < -0.4 is 10.6 Å². The lowest BCUT2D eigenvalue weighted by atomic mass is 10.2. The lowest BCUT2D eigenvalue weighted by Crippen LogP contribution is -2.30. The van der Waals surface area contributed by atoms with E-state index >= 15 is 0 Å². The predicted molar refractivity (Wildman–Crippen MR) is 58.8 cm³/mol. The van der Waals surface area contributed by atoms with Crippen LogP contribution in [0.5, 0.6) is 0 Å². The maximum atomic E-state index is 13.4. The Morgan fingerprint density at radius 1 is 1.35 bits per heavy atom. The second-order valence-electron chi connectivity index (χ2n) is 3.42. The van der Waals surface area contributed by atoms with Crippen LogP contribution in [-0.2, 0) is 19.7 Å². The molecular formula is C9H8F2N2O6S. The van der Waals surface area contributed by atoms with E-state index in [1.165, 1.54) is 4.89 Å². The van der Waals surface area contributed by atoms with E-state index in [0.717, 1.165) is 0 Å². The van der Waals surface area contributed by atoms with E-state index in [-0.39, 0.29) is 0 Å². The quantitative estimate of drug-likeness (QED) is 0.598. The molecule has 0 aliphatic heterocycles. The summed E-state index contributed by atoms with van der Waals surface area (Å²) in [4.78, 5) is 25.2. The number of carbonyl (C=O) groups excluding carboxylic acids is 1. The molecular weight excluding hydrogens is 302 g/mol. The number of halogens is 2. The van der Waals surface area contributed by atoms with E-state index in [4.69, 9.17) is 5.11 Å². The lowest BCUT2D eigenvalue weighted by Gasteiger charge is -2.08. The molecule has 0 radical (unpaired) electrons. The van der Waals surface area contributed by atoms with Crippen molar-refractivity contribution >= 4 is 21.9 Å². The van der Waals surface area contributed by atoms with Gasteiger partial charge in [-0.1, -0.05) is 4.89 Å². The van der Waals surface area contributed by atoms with Gasteiger partial charge < -0.3 is 10.8 Å². The van der Waals surface area contributed by atoms with E-state index in [1.54, 1.807) is 0 Å². The summed E-state index contributed by atoms with van der Waals surface area (Å²) in [6.45, 7) is -0.845. The molecule has 4 N–H and O–H groups in total. The Bertz CT molecular complexity index is 661. The number of rotatable bonds is 6. The van der Waals surface area contributed by atoms with Gasteiger partial charge in [-0.2, -0.15) is 0 Å². The highest BCUT2D eigenvalue weighted by atomic mass is 32.2. The Hall–Kier alpha value is -2.11. The van der Waals surface area contributed by atoms with Crippen LogP contribution in [0.25, 0.3) is 0 Å². The van der Waals surface area contributed by atoms with Gasteiger partial charge in [-0.25, -0.2) is 22.0 Å². The number of nitrogens with one attached hydrogen (secondary N) is 1. The Balaban J connectivity index is 3.17. The minimum Gasteiger partial charge on any atom is -0.478 e. The molecule has 1 aromatic rings. The molecule has 0 aliphatic rings. The summed E-state index contributed by atoms with van der Waals surface area (Å²) in [6, 6.07) is 0.720. The molecule has 0 bridgehead atoms. The van der Waals surface area contributed by atoms with Crippen molar-refractivity contribution in [3.8, 4) is 0 Å². The maximum absolute atomic E-state index is 13.4. The number of hydrogen-bond donors (Lipinski definition) is 3. The highest BCUT2D eigenvalue weighted by molar-refractivity contribution is 7.89. The number of amides is 1. The summed E-state index contributed by atoms with van der Waals surface area (Å²) < 4.78 is 49.7. The third kappa shape index (κ3) is 3.69. The minimum atomic E-state index is -4.72. The zero-order chi connectivity index (χ0) is 15.5. The Labute approximate surface area is 111 Å². The number of carboxylic acids is 1. The highest BCUT2D eigenvalue weighted by Gasteiger charge is 2.25. The number of aromatic carboxylic acids is 1. The van der Waals surface area contributed by atoms with Crippen LogP contribution in [0.4, 0.5) is 8.78 Å². The fraction of sp³-hybridized carbons (Fsp3) is 0.111. The predicted octanol–water partition coefficient (Wildman–Crippen LogP) is -0.642. The molecule has 20 heavy (non-hydrogen) atoms. The molecule has 0 aliphatic carbocycles. The first kappa shape index (κ1) is 15.9. The molecule has 0 aromatic heterocycles. The van der Waals surface area contributed by atoms with E-state index in [2.05, 4.69) is 10.6 Å². The molecule has 0 unspecified atom stereocenters. The van der Waals surface area contributed by atoms with Crippen molar-refractivity contribution in [2.45, 2.75) is 4.90 Å². The van der Waals surface area contributed by atoms with Gasteiger partial charge in [-0.3, -0.25) is 9.63 Å². The first-order chi connectivity index (χ1) is 9.15. The van der Waals surface area contributed by atoms with E-state index < -0.39 is 50.6 Å². The lowest BCUT2D eigenvalue weighted by molar-refractivity contribution is -0.123. The molecule has 0 spiro atoms. The minimum absolute atomic E-state index is 0.320. The number of sulfonamides is 1. The second kappa shape index (κ2) is 5.90. The smallest absolute Gasteiger partial charge is 0.335 e. The van der Waals surface area contributed by atoms with Gasteiger partial charge >= 0.3 is 5.97 Å².